The quantitative estimate of drug-likeness (QED) is 0.261. The molecule has 10 nitrogen and oxygen atoms in total. The van der Waals surface area contributed by atoms with E-state index in [1.807, 2.05) is 30.3 Å². The summed E-state index contributed by atoms with van der Waals surface area (Å²) in [4.78, 5) is 27.8. The number of ether oxygens (including phenoxy) is 1. The third kappa shape index (κ3) is 10.5. The zero-order valence-corrected chi connectivity index (χ0v) is 29.6. The second-order valence-corrected chi connectivity index (χ2v) is 16.1. The summed E-state index contributed by atoms with van der Waals surface area (Å²) >= 11 is 12.7. The highest BCUT2D eigenvalue weighted by Crippen LogP contribution is 2.31. The van der Waals surface area contributed by atoms with Gasteiger partial charge in [0.15, 0.2) is 0 Å². The molecule has 2 aliphatic rings. The van der Waals surface area contributed by atoms with Gasteiger partial charge in [0.05, 0.1) is 17.1 Å². The number of likely N-dealkylation sites (tertiary alicyclic amines) is 1. The molecular formula is C34H44Cl2N6O4S. The summed E-state index contributed by atoms with van der Waals surface area (Å²) in [5, 5.41) is 3.69. The standard InChI is InChI=1S/C34H44Cl2N6O4S/c1-24(47(3,44)45)6-9-40-12-14-42(15-13-40)33-5-4-31(22-38-33)46-34-17-27(16-32(39-34)28-18-29(35)20-30(36)19-28)23-41-10-7-26(8-11-41)21-37-25(2)43/h4-5,16-20,22,24,26H,6-15,21,23H2,1-3H3,(H,37,43). The third-order valence-corrected chi connectivity index (χ3v) is 11.1. The van der Waals surface area contributed by atoms with E-state index in [1.165, 1.54) is 6.26 Å². The molecule has 1 amide bonds. The van der Waals surface area contributed by atoms with Crippen LogP contribution in [0.3, 0.4) is 0 Å². The summed E-state index contributed by atoms with van der Waals surface area (Å²) in [6.07, 6.45) is 5.73. The molecule has 0 saturated carbocycles. The van der Waals surface area contributed by atoms with Crippen molar-refractivity contribution in [2.75, 3.05) is 63.5 Å². The lowest BCUT2D eigenvalue weighted by Crippen LogP contribution is -2.47. The molecule has 3 aromatic rings. The van der Waals surface area contributed by atoms with Crippen molar-refractivity contribution >= 4 is 44.8 Å². The Morgan fingerprint density at radius 1 is 1.00 bits per heavy atom. The molecule has 1 aromatic carbocycles. The molecule has 0 aliphatic carbocycles. The van der Waals surface area contributed by atoms with Gasteiger partial charge in [-0.15, -0.1) is 0 Å². The number of benzene rings is 1. The van der Waals surface area contributed by atoms with E-state index >= 15 is 0 Å². The number of nitrogens with zero attached hydrogens (tertiary/aromatic N) is 5. The second kappa shape index (κ2) is 16.0. The Bertz CT molecular complexity index is 1610. The molecule has 254 valence electrons. The van der Waals surface area contributed by atoms with Gasteiger partial charge in [-0.2, -0.15) is 0 Å². The lowest BCUT2D eigenvalue weighted by atomic mass is 9.96. The first-order chi connectivity index (χ1) is 22.4. The number of aromatic nitrogens is 2. The van der Waals surface area contributed by atoms with E-state index in [-0.39, 0.29) is 11.2 Å². The molecular weight excluding hydrogens is 659 g/mol. The Hall–Kier alpha value is -2.96. The van der Waals surface area contributed by atoms with E-state index in [2.05, 4.69) is 31.1 Å². The van der Waals surface area contributed by atoms with Gasteiger partial charge in [-0.3, -0.25) is 14.6 Å². The molecule has 1 atom stereocenters. The lowest BCUT2D eigenvalue weighted by Gasteiger charge is -2.35. The summed E-state index contributed by atoms with van der Waals surface area (Å²) in [5.41, 5.74) is 2.59. The average molecular weight is 704 g/mol. The van der Waals surface area contributed by atoms with Crippen LogP contribution in [0.4, 0.5) is 5.82 Å². The van der Waals surface area contributed by atoms with Crippen molar-refractivity contribution in [1.82, 2.24) is 25.1 Å². The lowest BCUT2D eigenvalue weighted by molar-refractivity contribution is -0.119. The molecule has 5 rings (SSSR count). The zero-order valence-electron chi connectivity index (χ0n) is 27.3. The number of piperazine rings is 1. The Kier molecular flexibility index (Phi) is 12.0. The van der Waals surface area contributed by atoms with Crippen molar-refractivity contribution in [1.29, 1.82) is 0 Å². The fourth-order valence-corrected chi connectivity index (χ4v) is 7.03. The Balaban J connectivity index is 1.24. The molecule has 13 heteroatoms. The number of pyridine rings is 2. The summed E-state index contributed by atoms with van der Waals surface area (Å²) in [6, 6.07) is 13.3. The minimum atomic E-state index is -3.01. The molecule has 1 unspecified atom stereocenters. The summed E-state index contributed by atoms with van der Waals surface area (Å²) in [7, 11) is -3.01. The number of nitrogens with one attached hydrogen (secondary N) is 1. The minimum absolute atomic E-state index is 0.0172. The van der Waals surface area contributed by atoms with Crippen LogP contribution in [0, 0.1) is 5.92 Å². The second-order valence-electron chi connectivity index (χ2n) is 12.7. The summed E-state index contributed by atoms with van der Waals surface area (Å²) < 4.78 is 29.8. The van der Waals surface area contributed by atoms with Crippen LogP contribution in [0.2, 0.25) is 10.0 Å². The number of hydrogen-bond donors (Lipinski definition) is 1. The highest BCUT2D eigenvalue weighted by atomic mass is 35.5. The van der Waals surface area contributed by atoms with E-state index in [0.29, 0.717) is 34.0 Å². The van der Waals surface area contributed by atoms with Crippen molar-refractivity contribution in [3.05, 3.63) is 64.3 Å². The van der Waals surface area contributed by atoms with Crippen LogP contribution in [0.1, 0.15) is 38.7 Å². The normalized spacial score (nSPS) is 17.4. The van der Waals surface area contributed by atoms with Crippen molar-refractivity contribution in [3.63, 3.8) is 0 Å². The van der Waals surface area contributed by atoms with Gasteiger partial charge < -0.3 is 15.0 Å². The number of halogens is 2. The van der Waals surface area contributed by atoms with Crippen molar-refractivity contribution < 1.29 is 17.9 Å². The van der Waals surface area contributed by atoms with Crippen LogP contribution in [-0.2, 0) is 21.2 Å². The van der Waals surface area contributed by atoms with Crippen LogP contribution >= 0.6 is 23.2 Å². The number of carbonyl (C=O) groups is 1. The SMILES string of the molecule is CC(=O)NCC1CCN(Cc2cc(Oc3ccc(N4CCN(CCC(C)S(C)(=O)=O)CC4)nc3)nc(-c3cc(Cl)cc(Cl)c3)c2)CC1. The Morgan fingerprint density at radius 3 is 2.32 bits per heavy atom. The molecule has 0 bridgehead atoms. The molecule has 2 aliphatic heterocycles. The number of rotatable bonds is 12. The molecule has 4 heterocycles. The summed E-state index contributed by atoms with van der Waals surface area (Å²) in [6.45, 7) is 10.8. The van der Waals surface area contributed by atoms with Crippen LogP contribution in [0.25, 0.3) is 11.3 Å². The molecule has 2 aromatic heterocycles. The molecule has 0 spiro atoms. The van der Waals surface area contributed by atoms with Crippen LogP contribution in [-0.4, -0.2) is 98.0 Å². The van der Waals surface area contributed by atoms with Gasteiger partial charge in [-0.25, -0.2) is 18.4 Å². The number of amides is 1. The fraction of sp³-hybridized carbons (Fsp3) is 0.500. The number of sulfone groups is 1. The fourth-order valence-electron chi connectivity index (χ4n) is 5.97. The zero-order chi connectivity index (χ0) is 33.6. The van der Waals surface area contributed by atoms with E-state index in [1.54, 1.807) is 26.1 Å². The molecule has 1 N–H and O–H groups in total. The van der Waals surface area contributed by atoms with Gasteiger partial charge in [-0.1, -0.05) is 23.2 Å². The van der Waals surface area contributed by atoms with Gasteiger partial charge in [0.1, 0.15) is 21.4 Å². The van der Waals surface area contributed by atoms with Gasteiger partial charge in [0.25, 0.3) is 0 Å². The highest BCUT2D eigenvalue weighted by molar-refractivity contribution is 7.91. The summed E-state index contributed by atoms with van der Waals surface area (Å²) in [5.74, 6) is 2.43. The van der Waals surface area contributed by atoms with Gasteiger partial charge in [0, 0.05) is 74.1 Å². The highest BCUT2D eigenvalue weighted by Gasteiger charge is 2.22. The molecule has 47 heavy (non-hydrogen) atoms. The predicted octanol–water partition coefficient (Wildman–Crippen LogP) is 5.54. The maximum atomic E-state index is 11.8. The van der Waals surface area contributed by atoms with Gasteiger partial charge in [-0.05, 0) is 93.7 Å². The monoisotopic (exact) mass is 702 g/mol. The first kappa shape index (κ1) is 35.3. The average Bonchev–Trinajstić information content (AvgIpc) is 3.03. The number of hydrogen-bond acceptors (Lipinski definition) is 9. The Morgan fingerprint density at radius 2 is 1.70 bits per heavy atom. The third-order valence-electron chi connectivity index (χ3n) is 9.00. The van der Waals surface area contributed by atoms with E-state index in [0.717, 1.165) is 94.4 Å². The smallest absolute Gasteiger partial charge is 0.220 e. The van der Waals surface area contributed by atoms with Crippen molar-refractivity contribution in [2.45, 2.75) is 44.9 Å². The van der Waals surface area contributed by atoms with Crippen LogP contribution in [0.5, 0.6) is 11.6 Å². The largest absolute Gasteiger partial charge is 0.437 e. The van der Waals surface area contributed by atoms with E-state index in [9.17, 15) is 13.2 Å². The number of piperidine rings is 1. The topological polar surface area (TPSA) is 108 Å². The van der Waals surface area contributed by atoms with E-state index < -0.39 is 9.84 Å². The first-order valence-electron chi connectivity index (χ1n) is 16.2. The number of carbonyl (C=O) groups excluding carboxylic acids is 1. The number of anilines is 1. The first-order valence-corrected chi connectivity index (χ1v) is 18.9. The van der Waals surface area contributed by atoms with E-state index in [4.69, 9.17) is 32.9 Å². The van der Waals surface area contributed by atoms with Gasteiger partial charge in [0.2, 0.25) is 11.8 Å². The predicted molar refractivity (Wildman–Crippen MR) is 188 cm³/mol. The molecule has 0 radical (unpaired) electrons. The van der Waals surface area contributed by atoms with Crippen LogP contribution < -0.4 is 15.0 Å². The maximum Gasteiger partial charge on any atom is 0.220 e. The maximum absolute atomic E-state index is 11.8. The molecule has 2 fully saturated rings. The van der Waals surface area contributed by atoms with Crippen LogP contribution in [0.15, 0.2) is 48.7 Å². The Labute approximate surface area is 288 Å². The minimum Gasteiger partial charge on any atom is -0.437 e. The van der Waals surface area contributed by atoms with Crippen molar-refractivity contribution in [2.24, 2.45) is 5.92 Å². The molecule has 2 saturated heterocycles. The van der Waals surface area contributed by atoms with Gasteiger partial charge >= 0.3 is 0 Å². The van der Waals surface area contributed by atoms with Crippen molar-refractivity contribution in [3.8, 4) is 22.9 Å².